The topological polar surface area (TPSA) is 59.0 Å². The zero-order valence-corrected chi connectivity index (χ0v) is 12.4. The van der Waals surface area contributed by atoms with Gasteiger partial charge in [-0.15, -0.1) is 0 Å². The smallest absolute Gasteiger partial charge is 0.254 e. The van der Waals surface area contributed by atoms with Crippen LogP contribution in [0.4, 0.5) is 0 Å². The summed E-state index contributed by atoms with van der Waals surface area (Å²) in [6.45, 7) is 0.774. The molecule has 1 atom stereocenters. The minimum Gasteiger partial charge on any atom is -0.454 e. The minimum absolute atomic E-state index is 0.00990. The van der Waals surface area contributed by atoms with Gasteiger partial charge in [-0.25, -0.2) is 0 Å². The lowest BCUT2D eigenvalue weighted by Gasteiger charge is -2.28. The van der Waals surface area contributed by atoms with Crippen LogP contribution in [-0.4, -0.2) is 41.9 Å². The van der Waals surface area contributed by atoms with Gasteiger partial charge < -0.3 is 19.5 Å². The van der Waals surface area contributed by atoms with Crippen LogP contribution in [0, 0.1) is 0 Å². The molecular formula is C15H18ClNO4. The molecule has 1 unspecified atom stereocenters. The average molecular weight is 312 g/mol. The van der Waals surface area contributed by atoms with Gasteiger partial charge in [-0.1, -0.05) is 24.4 Å². The number of benzene rings is 1. The fraction of sp³-hybridized carbons (Fsp3) is 0.533. The predicted octanol–water partition coefficient (Wildman–Crippen LogP) is 2.45. The summed E-state index contributed by atoms with van der Waals surface area (Å²) in [5, 5.41) is 9.91. The average Bonchev–Trinajstić information content (AvgIpc) is 2.84. The third-order valence-corrected chi connectivity index (χ3v) is 4.30. The van der Waals surface area contributed by atoms with Crippen LogP contribution in [0.1, 0.15) is 36.0 Å². The van der Waals surface area contributed by atoms with E-state index in [1.165, 1.54) is 0 Å². The lowest BCUT2D eigenvalue weighted by Crippen LogP contribution is -2.42. The number of hydrogen-bond acceptors (Lipinski definition) is 4. The van der Waals surface area contributed by atoms with Crippen LogP contribution in [0.2, 0.25) is 5.02 Å². The van der Waals surface area contributed by atoms with Crippen LogP contribution < -0.4 is 9.47 Å². The van der Waals surface area contributed by atoms with Crippen molar-refractivity contribution >= 4 is 17.5 Å². The Hall–Kier alpha value is -1.46. The van der Waals surface area contributed by atoms with E-state index in [2.05, 4.69) is 0 Å². The van der Waals surface area contributed by atoms with Gasteiger partial charge in [0.15, 0.2) is 11.5 Å². The van der Waals surface area contributed by atoms with Crippen LogP contribution in [0.5, 0.6) is 11.5 Å². The van der Waals surface area contributed by atoms with Crippen molar-refractivity contribution in [2.45, 2.75) is 31.7 Å². The molecule has 2 aliphatic heterocycles. The number of aliphatic hydroxyl groups excluding tert-OH is 1. The Kier molecular flexibility index (Phi) is 4.22. The number of rotatable bonds is 2. The van der Waals surface area contributed by atoms with E-state index in [4.69, 9.17) is 21.1 Å². The van der Waals surface area contributed by atoms with Crippen molar-refractivity contribution in [3.8, 4) is 11.5 Å². The van der Waals surface area contributed by atoms with E-state index in [9.17, 15) is 9.90 Å². The van der Waals surface area contributed by atoms with E-state index >= 15 is 0 Å². The molecule has 0 aliphatic carbocycles. The summed E-state index contributed by atoms with van der Waals surface area (Å²) in [4.78, 5) is 14.5. The Morgan fingerprint density at radius 3 is 3.00 bits per heavy atom. The quantitative estimate of drug-likeness (QED) is 0.911. The Labute approximate surface area is 128 Å². The molecule has 21 heavy (non-hydrogen) atoms. The number of carbonyl (C=O) groups is 1. The Balaban J connectivity index is 1.88. The molecule has 1 aromatic carbocycles. The van der Waals surface area contributed by atoms with E-state index in [1.807, 2.05) is 0 Å². The zero-order chi connectivity index (χ0) is 14.8. The number of aliphatic hydroxyl groups is 1. The maximum absolute atomic E-state index is 12.7. The van der Waals surface area contributed by atoms with Crippen molar-refractivity contribution in [1.82, 2.24) is 4.90 Å². The van der Waals surface area contributed by atoms with Crippen LogP contribution >= 0.6 is 11.6 Å². The van der Waals surface area contributed by atoms with Crippen molar-refractivity contribution in [2.24, 2.45) is 0 Å². The van der Waals surface area contributed by atoms with Gasteiger partial charge in [0.05, 0.1) is 17.7 Å². The van der Waals surface area contributed by atoms with E-state index in [0.717, 1.165) is 25.7 Å². The molecule has 1 saturated heterocycles. The van der Waals surface area contributed by atoms with Gasteiger partial charge in [0, 0.05) is 12.1 Å². The molecule has 0 spiro atoms. The molecular weight excluding hydrogens is 294 g/mol. The molecule has 1 fully saturated rings. The fourth-order valence-electron chi connectivity index (χ4n) is 2.89. The predicted molar refractivity (Wildman–Crippen MR) is 78.0 cm³/mol. The van der Waals surface area contributed by atoms with Crippen molar-refractivity contribution < 1.29 is 19.4 Å². The van der Waals surface area contributed by atoms with E-state index in [-0.39, 0.29) is 25.3 Å². The lowest BCUT2D eigenvalue weighted by atomic mass is 10.1. The first-order chi connectivity index (χ1) is 10.2. The second kappa shape index (κ2) is 6.12. The molecule has 0 radical (unpaired) electrons. The highest BCUT2D eigenvalue weighted by Gasteiger charge is 2.28. The van der Waals surface area contributed by atoms with Crippen molar-refractivity contribution in [2.75, 3.05) is 19.9 Å². The zero-order valence-electron chi connectivity index (χ0n) is 11.7. The molecule has 1 N–H and O–H groups in total. The van der Waals surface area contributed by atoms with Crippen LogP contribution in [0.3, 0.4) is 0 Å². The molecule has 114 valence electrons. The van der Waals surface area contributed by atoms with Crippen LogP contribution in [0.25, 0.3) is 0 Å². The second-order valence-corrected chi connectivity index (χ2v) is 5.78. The van der Waals surface area contributed by atoms with E-state index in [0.29, 0.717) is 28.6 Å². The standard InChI is InChI=1S/C15H18ClNO4/c16-12-6-10(7-13-14(12)21-9-20-13)15(19)17-5-3-1-2-4-11(17)8-18/h6-7,11,18H,1-5,8-9H2. The number of hydrogen-bond donors (Lipinski definition) is 1. The number of ether oxygens (including phenoxy) is 2. The number of fused-ring (bicyclic) bond motifs is 1. The molecule has 1 amide bonds. The third-order valence-electron chi connectivity index (χ3n) is 4.02. The Morgan fingerprint density at radius 2 is 2.19 bits per heavy atom. The van der Waals surface area contributed by atoms with Gasteiger partial charge in [-0.05, 0) is 25.0 Å². The molecule has 0 aromatic heterocycles. The van der Waals surface area contributed by atoms with Gasteiger partial charge in [0.1, 0.15) is 0 Å². The monoisotopic (exact) mass is 311 g/mol. The van der Waals surface area contributed by atoms with Gasteiger partial charge >= 0.3 is 0 Å². The Morgan fingerprint density at radius 1 is 1.33 bits per heavy atom. The first-order valence-electron chi connectivity index (χ1n) is 7.21. The first-order valence-corrected chi connectivity index (χ1v) is 7.59. The normalized spacial score (nSPS) is 21.2. The summed E-state index contributed by atoms with van der Waals surface area (Å²) in [6.07, 6.45) is 3.92. The summed E-state index contributed by atoms with van der Waals surface area (Å²) in [6, 6.07) is 3.15. The number of carbonyl (C=O) groups excluding carboxylic acids is 1. The fourth-order valence-corrected chi connectivity index (χ4v) is 3.16. The second-order valence-electron chi connectivity index (χ2n) is 5.38. The Bertz CT molecular complexity index is 549. The van der Waals surface area contributed by atoms with Crippen molar-refractivity contribution in [3.05, 3.63) is 22.7 Å². The van der Waals surface area contributed by atoms with Gasteiger partial charge in [0.25, 0.3) is 5.91 Å². The van der Waals surface area contributed by atoms with E-state index in [1.54, 1.807) is 17.0 Å². The SMILES string of the molecule is O=C(c1cc(Cl)c2c(c1)OCO2)N1CCCCCC1CO. The summed E-state index contributed by atoms with van der Waals surface area (Å²) < 4.78 is 10.6. The number of nitrogens with zero attached hydrogens (tertiary/aromatic N) is 1. The molecule has 2 heterocycles. The van der Waals surface area contributed by atoms with E-state index < -0.39 is 0 Å². The lowest BCUT2D eigenvalue weighted by molar-refractivity contribution is 0.0599. The number of halogens is 1. The highest BCUT2D eigenvalue weighted by Crippen LogP contribution is 2.40. The highest BCUT2D eigenvalue weighted by atomic mass is 35.5. The highest BCUT2D eigenvalue weighted by molar-refractivity contribution is 6.32. The van der Waals surface area contributed by atoms with Crippen molar-refractivity contribution in [3.63, 3.8) is 0 Å². The van der Waals surface area contributed by atoms with Crippen molar-refractivity contribution in [1.29, 1.82) is 0 Å². The molecule has 2 aliphatic rings. The number of likely N-dealkylation sites (tertiary alicyclic amines) is 1. The molecule has 3 rings (SSSR count). The maximum Gasteiger partial charge on any atom is 0.254 e. The maximum atomic E-state index is 12.7. The third kappa shape index (κ3) is 2.80. The molecule has 5 nitrogen and oxygen atoms in total. The summed E-state index contributed by atoms with van der Waals surface area (Å²) in [7, 11) is 0. The largest absolute Gasteiger partial charge is 0.454 e. The minimum atomic E-state index is -0.121. The molecule has 1 aromatic rings. The molecule has 0 saturated carbocycles. The summed E-state index contributed by atoms with van der Waals surface area (Å²) >= 11 is 6.14. The summed E-state index contributed by atoms with van der Waals surface area (Å²) in [5.74, 6) is 0.875. The van der Waals surface area contributed by atoms with Gasteiger partial charge in [0.2, 0.25) is 6.79 Å². The van der Waals surface area contributed by atoms with Gasteiger partial charge in [-0.3, -0.25) is 4.79 Å². The first kappa shape index (κ1) is 14.5. The van der Waals surface area contributed by atoms with Gasteiger partial charge in [-0.2, -0.15) is 0 Å². The van der Waals surface area contributed by atoms with Crippen LogP contribution in [-0.2, 0) is 0 Å². The molecule has 0 bridgehead atoms. The number of amides is 1. The molecule has 6 heteroatoms. The van der Waals surface area contributed by atoms with Crippen LogP contribution in [0.15, 0.2) is 12.1 Å². The summed E-state index contributed by atoms with van der Waals surface area (Å²) in [5.41, 5.74) is 0.476.